The van der Waals surface area contributed by atoms with E-state index in [1.807, 2.05) is 72.8 Å². The Labute approximate surface area is 302 Å². The molecule has 3 atom stereocenters. The molecule has 276 valence electrons. The van der Waals surface area contributed by atoms with E-state index in [0.29, 0.717) is 18.4 Å². The molecule has 12 heteroatoms. The largest absolute Gasteiger partial charge is 0.361 e. The quantitative estimate of drug-likeness (QED) is 0.0487. The summed E-state index contributed by atoms with van der Waals surface area (Å²) in [6.07, 6.45) is 2.90. The normalized spacial score (nSPS) is 14.0. The van der Waals surface area contributed by atoms with Gasteiger partial charge in [-0.05, 0) is 54.4 Å². The van der Waals surface area contributed by atoms with Gasteiger partial charge in [0.2, 0.25) is 11.6 Å². The first-order chi connectivity index (χ1) is 24.2. The minimum atomic E-state index is -2.71. The number of hydrogen-bond acceptors (Lipinski definition) is 6. The Kier molecular flexibility index (Phi) is 14.6. The van der Waals surface area contributed by atoms with Gasteiger partial charge in [0, 0.05) is 28.2 Å². The number of nitrogens with zero attached hydrogens (tertiary/aromatic N) is 3. The summed E-state index contributed by atoms with van der Waals surface area (Å²) in [4.78, 5) is 58.8. The predicted octanol–water partition coefficient (Wildman–Crippen LogP) is 4.49. The number of carbonyl (C=O) groups excluding carboxylic acids is 4. The Morgan fingerprint density at radius 1 is 0.804 bits per heavy atom. The van der Waals surface area contributed by atoms with Crippen LogP contribution < -0.4 is 21.9 Å². The number of aryl methyl sites for hydroxylation is 1. The first kappa shape index (κ1) is 40.5. The van der Waals surface area contributed by atoms with Crippen molar-refractivity contribution in [3.8, 4) is 11.1 Å². The van der Waals surface area contributed by atoms with Gasteiger partial charge < -0.3 is 25.5 Å². The van der Waals surface area contributed by atoms with Crippen LogP contribution in [0.4, 0.5) is 9.59 Å². The highest BCUT2D eigenvalue weighted by Gasteiger charge is 2.59. The smallest absolute Gasteiger partial charge is 0.322 e. The monoisotopic (exact) mass is 701 g/mol. The Balaban J connectivity index is 2.14. The number of hydrazine groups is 1. The Morgan fingerprint density at radius 3 is 1.96 bits per heavy atom. The van der Waals surface area contributed by atoms with Gasteiger partial charge in [-0.2, -0.15) is 0 Å². The fourth-order valence-electron chi connectivity index (χ4n) is 6.16. The number of rotatable bonds is 16. The minimum absolute atomic E-state index is 0.0848. The van der Waals surface area contributed by atoms with Gasteiger partial charge in [-0.25, -0.2) is 15.4 Å². The zero-order valence-electron chi connectivity index (χ0n) is 31.0. The summed E-state index contributed by atoms with van der Waals surface area (Å²) in [7, 11) is 6.16. The number of carbonyl (C=O) groups is 4. The van der Waals surface area contributed by atoms with Crippen LogP contribution in [0.3, 0.4) is 0 Å². The molecule has 6 N–H and O–H groups in total. The summed E-state index contributed by atoms with van der Waals surface area (Å²) in [5, 5.41) is 18.6. The SMILES string of the molecule is CC(C)[C@H](NC(=O)N(C)C)C(=O)N[C@@](C)(CCCCCc1ccccc1)[C@](O)(C(=O)NN)N(Cc1ccccc1-c1ccccc1)C(=O)N(C)C. The lowest BCUT2D eigenvalue weighted by Crippen LogP contribution is -2.78. The molecule has 0 fully saturated rings. The van der Waals surface area contributed by atoms with Crippen molar-refractivity contribution in [2.75, 3.05) is 28.2 Å². The molecule has 0 aliphatic rings. The van der Waals surface area contributed by atoms with E-state index < -0.39 is 41.2 Å². The first-order valence-corrected chi connectivity index (χ1v) is 17.4. The van der Waals surface area contributed by atoms with Crippen molar-refractivity contribution in [2.24, 2.45) is 11.8 Å². The van der Waals surface area contributed by atoms with Gasteiger partial charge in [-0.3, -0.25) is 19.9 Å². The minimum Gasteiger partial charge on any atom is -0.361 e. The number of hydrogen-bond donors (Lipinski definition) is 5. The lowest BCUT2D eigenvalue weighted by Gasteiger charge is -2.50. The lowest BCUT2D eigenvalue weighted by atomic mass is 9.80. The van der Waals surface area contributed by atoms with Crippen LogP contribution in [0.2, 0.25) is 0 Å². The average Bonchev–Trinajstić information content (AvgIpc) is 3.12. The van der Waals surface area contributed by atoms with Crippen LogP contribution in [0, 0.1) is 5.92 Å². The standard InChI is InChI=1S/C39H55N7O5/c1-28(2)33(41-36(49)44(4)5)34(47)42-38(3,26-18-10-13-21-29-19-11-8-12-20-29)39(51,35(48)43-40)46(37(50)45(6)7)27-31-24-16-17-25-32(31)30-22-14-9-15-23-30/h8-9,11-12,14-17,19-20,22-25,28,33,51H,10,13,18,21,26-27,40H2,1-7H3,(H,41,49)(H,42,47)(H,43,48)/t33-,38-,39+/m0/s1. The molecular weight excluding hydrogens is 646 g/mol. The van der Waals surface area contributed by atoms with Crippen molar-refractivity contribution >= 4 is 23.9 Å². The average molecular weight is 702 g/mol. The van der Waals surface area contributed by atoms with Gasteiger partial charge in [-0.15, -0.1) is 0 Å². The van der Waals surface area contributed by atoms with Crippen LogP contribution in [0.1, 0.15) is 57.6 Å². The second-order valence-corrected chi connectivity index (χ2v) is 13.9. The van der Waals surface area contributed by atoms with Gasteiger partial charge in [0.25, 0.3) is 5.91 Å². The molecule has 0 saturated heterocycles. The summed E-state index contributed by atoms with van der Waals surface area (Å²) in [5.41, 5.74) is 1.08. The number of unbranched alkanes of at least 4 members (excludes halogenated alkanes) is 2. The Hall–Kier alpha value is -4.94. The molecule has 3 aromatic carbocycles. The number of benzene rings is 3. The van der Waals surface area contributed by atoms with E-state index in [4.69, 9.17) is 5.84 Å². The third kappa shape index (κ3) is 10.1. The van der Waals surface area contributed by atoms with Gasteiger partial charge >= 0.3 is 12.1 Å². The molecule has 0 radical (unpaired) electrons. The second kappa shape index (κ2) is 18.3. The van der Waals surface area contributed by atoms with Crippen LogP contribution in [0.5, 0.6) is 0 Å². The van der Waals surface area contributed by atoms with Gasteiger partial charge in [-0.1, -0.05) is 112 Å². The summed E-state index contributed by atoms with van der Waals surface area (Å²) in [6, 6.07) is 24.8. The maximum Gasteiger partial charge on any atom is 0.322 e. The van der Waals surface area contributed by atoms with E-state index in [2.05, 4.69) is 28.2 Å². The molecule has 0 bridgehead atoms. The molecule has 6 amide bonds. The van der Waals surface area contributed by atoms with Crippen LogP contribution in [0.25, 0.3) is 11.1 Å². The molecule has 0 spiro atoms. The fraction of sp³-hybridized carbons (Fsp3) is 0.436. The van der Waals surface area contributed by atoms with E-state index in [9.17, 15) is 24.3 Å². The van der Waals surface area contributed by atoms with E-state index in [1.54, 1.807) is 34.9 Å². The maximum atomic E-state index is 14.2. The van der Waals surface area contributed by atoms with Crippen LogP contribution in [0.15, 0.2) is 84.9 Å². The first-order valence-electron chi connectivity index (χ1n) is 17.4. The van der Waals surface area contributed by atoms with Crippen molar-refractivity contribution in [1.82, 2.24) is 30.8 Å². The van der Waals surface area contributed by atoms with Crippen molar-refractivity contribution in [2.45, 2.75) is 76.7 Å². The van der Waals surface area contributed by atoms with Crippen molar-refractivity contribution in [3.05, 3.63) is 96.1 Å². The maximum absolute atomic E-state index is 14.2. The van der Waals surface area contributed by atoms with E-state index in [0.717, 1.165) is 28.9 Å². The molecule has 3 rings (SSSR count). The summed E-state index contributed by atoms with van der Waals surface area (Å²) in [6.45, 7) is 4.89. The fourth-order valence-corrected chi connectivity index (χ4v) is 6.16. The topological polar surface area (TPSA) is 160 Å². The molecule has 0 heterocycles. The van der Waals surface area contributed by atoms with Crippen molar-refractivity contribution < 1.29 is 24.3 Å². The highest BCUT2D eigenvalue weighted by molar-refractivity contribution is 5.93. The number of urea groups is 2. The molecule has 0 saturated carbocycles. The lowest BCUT2D eigenvalue weighted by molar-refractivity contribution is -0.182. The summed E-state index contributed by atoms with van der Waals surface area (Å²) in [5.74, 6) is 3.70. The van der Waals surface area contributed by atoms with Crippen molar-refractivity contribution in [3.63, 3.8) is 0 Å². The van der Waals surface area contributed by atoms with E-state index in [1.165, 1.54) is 29.5 Å². The third-order valence-electron chi connectivity index (χ3n) is 9.17. The number of nitrogens with two attached hydrogens (primary N) is 1. The molecule has 3 aromatic rings. The Bertz CT molecular complexity index is 1600. The second-order valence-electron chi connectivity index (χ2n) is 13.9. The molecule has 0 aliphatic heterocycles. The van der Waals surface area contributed by atoms with E-state index in [-0.39, 0.29) is 18.9 Å². The highest BCUT2D eigenvalue weighted by Crippen LogP contribution is 2.36. The predicted molar refractivity (Wildman–Crippen MR) is 200 cm³/mol. The zero-order valence-corrected chi connectivity index (χ0v) is 31.0. The van der Waals surface area contributed by atoms with Crippen LogP contribution >= 0.6 is 0 Å². The van der Waals surface area contributed by atoms with Gasteiger partial charge in [0.1, 0.15) is 6.04 Å². The highest BCUT2D eigenvalue weighted by atomic mass is 16.3. The van der Waals surface area contributed by atoms with E-state index >= 15 is 0 Å². The number of amides is 6. The Morgan fingerprint density at radius 2 is 1.39 bits per heavy atom. The molecule has 51 heavy (non-hydrogen) atoms. The third-order valence-corrected chi connectivity index (χ3v) is 9.17. The molecule has 12 nitrogen and oxygen atoms in total. The molecule has 0 aromatic heterocycles. The van der Waals surface area contributed by atoms with Crippen LogP contribution in [-0.4, -0.2) is 89.2 Å². The number of aliphatic hydroxyl groups is 1. The van der Waals surface area contributed by atoms with Gasteiger partial charge in [0.15, 0.2) is 0 Å². The molecule has 0 aliphatic carbocycles. The molecular formula is C39H55N7O5. The summed E-state index contributed by atoms with van der Waals surface area (Å²) >= 11 is 0. The number of nitrogens with one attached hydrogen (secondary N) is 3. The summed E-state index contributed by atoms with van der Waals surface area (Å²) < 4.78 is 0. The van der Waals surface area contributed by atoms with Crippen LogP contribution in [-0.2, 0) is 22.6 Å². The molecule has 0 unspecified atom stereocenters. The zero-order chi connectivity index (χ0) is 37.8. The van der Waals surface area contributed by atoms with Crippen molar-refractivity contribution in [1.29, 1.82) is 0 Å². The van der Waals surface area contributed by atoms with Gasteiger partial charge in [0.05, 0.1) is 12.1 Å².